The third kappa shape index (κ3) is 5.01. The van der Waals surface area contributed by atoms with Gasteiger partial charge in [-0.1, -0.05) is 55.5 Å². The zero-order valence-electron chi connectivity index (χ0n) is 20.1. The van der Waals surface area contributed by atoms with E-state index < -0.39 is 0 Å². The maximum Gasteiger partial charge on any atom is 0.315 e. The van der Waals surface area contributed by atoms with Crippen LogP contribution in [0, 0.1) is 5.92 Å². The molecule has 1 aliphatic rings. The monoisotopic (exact) mass is 459 g/mol. The summed E-state index contributed by atoms with van der Waals surface area (Å²) in [7, 11) is 0. The van der Waals surface area contributed by atoms with Crippen LogP contribution in [0.4, 0.5) is 10.5 Å². The van der Waals surface area contributed by atoms with E-state index in [1.54, 1.807) is 0 Å². The molecule has 0 saturated heterocycles. The van der Waals surface area contributed by atoms with Crippen LogP contribution in [0.1, 0.15) is 44.2 Å². The number of fused-ring (bicyclic) bond motifs is 2. The number of rotatable bonds is 8. The number of anilines is 1. The summed E-state index contributed by atoms with van der Waals surface area (Å²) in [5.74, 6) is 0.168. The standard InChI is InChI=1S/C28H33N3O3/c1-4-31(5-2)22-13-14-23-19(3)24(27(32)34-26(23)17-22)15-16-29-28(33)30-18-21-11-8-10-20-9-6-7-12-25(20)21/h6-14,17,19,24H,4-5,15-16,18H2,1-3H3,(H2,29,30,33). The molecular formula is C28H33N3O3. The van der Waals surface area contributed by atoms with Crippen LogP contribution < -0.4 is 20.3 Å². The van der Waals surface area contributed by atoms with Crippen molar-refractivity contribution >= 4 is 28.5 Å². The first-order valence-electron chi connectivity index (χ1n) is 12.1. The fourth-order valence-corrected chi connectivity index (χ4v) is 4.77. The molecule has 2 amide bonds. The molecule has 3 aromatic carbocycles. The molecule has 1 heterocycles. The molecule has 178 valence electrons. The number of hydrogen-bond acceptors (Lipinski definition) is 4. The van der Waals surface area contributed by atoms with E-state index in [0.29, 0.717) is 25.3 Å². The molecule has 0 spiro atoms. The van der Waals surface area contributed by atoms with Gasteiger partial charge in [0, 0.05) is 37.9 Å². The number of ether oxygens (including phenoxy) is 1. The van der Waals surface area contributed by atoms with E-state index >= 15 is 0 Å². The molecule has 4 rings (SSSR count). The molecule has 3 aromatic rings. The number of hydrogen-bond donors (Lipinski definition) is 2. The summed E-state index contributed by atoms with van der Waals surface area (Å²) in [5, 5.41) is 8.09. The summed E-state index contributed by atoms with van der Waals surface area (Å²) in [6.45, 7) is 8.92. The maximum atomic E-state index is 12.7. The van der Waals surface area contributed by atoms with Crippen LogP contribution >= 0.6 is 0 Å². The van der Waals surface area contributed by atoms with Gasteiger partial charge in [0.05, 0.1) is 5.92 Å². The van der Waals surface area contributed by atoms with Gasteiger partial charge in [0.15, 0.2) is 0 Å². The molecular weight excluding hydrogens is 426 g/mol. The summed E-state index contributed by atoms with van der Waals surface area (Å²) in [4.78, 5) is 27.3. The summed E-state index contributed by atoms with van der Waals surface area (Å²) in [6, 6.07) is 20.1. The van der Waals surface area contributed by atoms with Crippen molar-refractivity contribution in [1.29, 1.82) is 0 Å². The molecule has 1 aliphatic heterocycles. The van der Waals surface area contributed by atoms with Crippen LogP contribution in [0.2, 0.25) is 0 Å². The lowest BCUT2D eigenvalue weighted by Crippen LogP contribution is -2.38. The van der Waals surface area contributed by atoms with E-state index in [2.05, 4.69) is 66.6 Å². The zero-order valence-corrected chi connectivity index (χ0v) is 20.1. The second-order valence-electron chi connectivity index (χ2n) is 8.75. The van der Waals surface area contributed by atoms with Crippen LogP contribution in [0.3, 0.4) is 0 Å². The lowest BCUT2D eigenvalue weighted by molar-refractivity contribution is -0.141. The first-order chi connectivity index (χ1) is 16.5. The molecule has 6 nitrogen and oxygen atoms in total. The van der Waals surface area contributed by atoms with Crippen molar-refractivity contribution in [2.75, 3.05) is 24.5 Å². The minimum absolute atomic E-state index is 0.0301. The smallest absolute Gasteiger partial charge is 0.315 e. The Balaban J connectivity index is 1.31. The Bertz CT molecular complexity index is 1170. The molecule has 34 heavy (non-hydrogen) atoms. The number of esters is 1. The number of urea groups is 1. The molecule has 2 atom stereocenters. The normalized spacial score (nSPS) is 17.1. The second kappa shape index (κ2) is 10.6. The number of amides is 2. The summed E-state index contributed by atoms with van der Waals surface area (Å²) >= 11 is 0. The molecule has 0 bridgehead atoms. The van der Waals surface area contributed by atoms with Gasteiger partial charge in [0.25, 0.3) is 0 Å². The number of benzene rings is 3. The van der Waals surface area contributed by atoms with Gasteiger partial charge in [-0.3, -0.25) is 4.79 Å². The first kappa shape index (κ1) is 23.6. The topological polar surface area (TPSA) is 70.7 Å². The van der Waals surface area contributed by atoms with E-state index in [1.807, 2.05) is 30.3 Å². The largest absolute Gasteiger partial charge is 0.426 e. The van der Waals surface area contributed by atoms with E-state index in [0.717, 1.165) is 40.7 Å². The van der Waals surface area contributed by atoms with Gasteiger partial charge in [-0.15, -0.1) is 0 Å². The molecule has 0 radical (unpaired) electrons. The van der Waals surface area contributed by atoms with Gasteiger partial charge in [-0.05, 0) is 54.2 Å². The summed E-state index contributed by atoms with van der Waals surface area (Å²) in [5.41, 5.74) is 3.17. The summed E-state index contributed by atoms with van der Waals surface area (Å²) < 4.78 is 5.70. The van der Waals surface area contributed by atoms with E-state index in [1.165, 1.54) is 0 Å². The average molecular weight is 460 g/mol. The van der Waals surface area contributed by atoms with E-state index in [4.69, 9.17) is 4.74 Å². The van der Waals surface area contributed by atoms with Gasteiger partial charge in [-0.2, -0.15) is 0 Å². The lowest BCUT2D eigenvalue weighted by Gasteiger charge is -2.31. The SMILES string of the molecule is CCN(CC)c1ccc2c(c1)OC(=O)C(CCNC(=O)NCc1cccc3ccccc13)C2C. The number of nitrogens with one attached hydrogen (secondary N) is 2. The molecule has 0 aromatic heterocycles. The molecule has 0 aliphatic carbocycles. The van der Waals surface area contributed by atoms with Crippen molar-refractivity contribution in [2.45, 2.75) is 39.7 Å². The third-order valence-corrected chi connectivity index (χ3v) is 6.79. The van der Waals surface area contributed by atoms with Gasteiger partial charge in [0.2, 0.25) is 0 Å². The van der Waals surface area contributed by atoms with Crippen molar-refractivity contribution in [3.8, 4) is 5.75 Å². The van der Waals surface area contributed by atoms with E-state index in [-0.39, 0.29) is 23.8 Å². The van der Waals surface area contributed by atoms with Crippen LogP contribution in [0.15, 0.2) is 60.7 Å². The van der Waals surface area contributed by atoms with Gasteiger partial charge in [0.1, 0.15) is 5.75 Å². The van der Waals surface area contributed by atoms with Crippen molar-refractivity contribution in [3.05, 3.63) is 71.8 Å². The highest BCUT2D eigenvalue weighted by Crippen LogP contribution is 2.40. The van der Waals surface area contributed by atoms with Crippen molar-refractivity contribution in [3.63, 3.8) is 0 Å². The van der Waals surface area contributed by atoms with Crippen LogP contribution in [-0.2, 0) is 11.3 Å². The predicted octanol–water partition coefficient (Wildman–Crippen LogP) is 5.21. The predicted molar refractivity (Wildman–Crippen MR) is 136 cm³/mol. The molecule has 0 fully saturated rings. The fourth-order valence-electron chi connectivity index (χ4n) is 4.77. The number of nitrogens with zero attached hydrogens (tertiary/aromatic N) is 1. The van der Waals surface area contributed by atoms with Gasteiger partial charge < -0.3 is 20.3 Å². The Morgan fingerprint density at radius 2 is 1.76 bits per heavy atom. The minimum Gasteiger partial charge on any atom is -0.426 e. The van der Waals surface area contributed by atoms with Crippen LogP contribution in [0.25, 0.3) is 10.8 Å². The zero-order chi connectivity index (χ0) is 24.1. The first-order valence-corrected chi connectivity index (χ1v) is 12.1. The Morgan fingerprint density at radius 1 is 1.00 bits per heavy atom. The quantitative estimate of drug-likeness (QED) is 0.358. The van der Waals surface area contributed by atoms with Crippen molar-refractivity contribution in [1.82, 2.24) is 10.6 Å². The van der Waals surface area contributed by atoms with Crippen LogP contribution in [-0.4, -0.2) is 31.6 Å². The van der Waals surface area contributed by atoms with Crippen LogP contribution in [0.5, 0.6) is 5.75 Å². The third-order valence-electron chi connectivity index (χ3n) is 6.79. The number of carbonyl (C=O) groups is 2. The highest BCUT2D eigenvalue weighted by Gasteiger charge is 2.35. The lowest BCUT2D eigenvalue weighted by atomic mass is 9.83. The van der Waals surface area contributed by atoms with Gasteiger partial charge in [-0.25, -0.2) is 4.79 Å². The highest BCUT2D eigenvalue weighted by atomic mass is 16.5. The maximum absolute atomic E-state index is 12.7. The highest BCUT2D eigenvalue weighted by molar-refractivity contribution is 5.86. The molecule has 0 saturated carbocycles. The average Bonchev–Trinajstić information content (AvgIpc) is 2.85. The molecule has 2 unspecified atom stereocenters. The minimum atomic E-state index is -0.287. The Hall–Kier alpha value is -3.54. The Labute approximate surface area is 201 Å². The Kier molecular flexibility index (Phi) is 7.36. The Morgan fingerprint density at radius 3 is 2.56 bits per heavy atom. The van der Waals surface area contributed by atoms with Crippen molar-refractivity contribution < 1.29 is 14.3 Å². The second-order valence-corrected chi connectivity index (χ2v) is 8.75. The van der Waals surface area contributed by atoms with Gasteiger partial charge >= 0.3 is 12.0 Å². The van der Waals surface area contributed by atoms with E-state index in [9.17, 15) is 9.59 Å². The molecule has 2 N–H and O–H groups in total. The molecule has 6 heteroatoms. The summed E-state index contributed by atoms with van der Waals surface area (Å²) in [6.07, 6.45) is 0.527. The van der Waals surface area contributed by atoms with Crippen molar-refractivity contribution in [2.24, 2.45) is 5.92 Å². The number of carbonyl (C=O) groups excluding carboxylic acids is 2. The fraction of sp³-hybridized carbons (Fsp3) is 0.357.